The second-order valence-electron chi connectivity index (χ2n) is 7.58. The van der Waals surface area contributed by atoms with Gasteiger partial charge in [0.2, 0.25) is 11.8 Å². The van der Waals surface area contributed by atoms with E-state index in [0.29, 0.717) is 30.4 Å². The van der Waals surface area contributed by atoms with Crippen LogP contribution in [0, 0.1) is 5.92 Å². The maximum absolute atomic E-state index is 5.97. The molecule has 7 heteroatoms. The molecule has 0 radical (unpaired) electrons. The molecular weight excluding hydrogens is 354 g/mol. The van der Waals surface area contributed by atoms with Crippen LogP contribution in [0.2, 0.25) is 0 Å². The van der Waals surface area contributed by atoms with Crippen molar-refractivity contribution in [1.29, 1.82) is 0 Å². The quantitative estimate of drug-likeness (QED) is 0.793. The van der Waals surface area contributed by atoms with Gasteiger partial charge in [-0.25, -0.2) is 4.98 Å². The Bertz CT molecular complexity index is 741. The molecule has 0 amide bonds. The zero-order valence-electron chi connectivity index (χ0n) is 16.2. The number of nitrogens with two attached hydrogens (primary N) is 1. The molecule has 1 aliphatic heterocycles. The first-order valence-corrected chi connectivity index (χ1v) is 10.2. The van der Waals surface area contributed by atoms with E-state index in [1.165, 1.54) is 5.69 Å². The summed E-state index contributed by atoms with van der Waals surface area (Å²) >= 11 is 0. The number of morpholine rings is 1. The Labute approximate surface area is 166 Å². The van der Waals surface area contributed by atoms with Crippen LogP contribution in [0.25, 0.3) is 0 Å². The summed E-state index contributed by atoms with van der Waals surface area (Å²) in [7, 11) is 0. The Morgan fingerprint density at radius 1 is 1.07 bits per heavy atom. The lowest BCUT2D eigenvalue weighted by Crippen LogP contribution is -2.36. The predicted molar refractivity (Wildman–Crippen MR) is 110 cm³/mol. The summed E-state index contributed by atoms with van der Waals surface area (Å²) in [4.78, 5) is 11.1. The Morgan fingerprint density at radius 2 is 1.82 bits per heavy atom. The first kappa shape index (κ1) is 19.0. The zero-order valence-corrected chi connectivity index (χ0v) is 16.2. The summed E-state index contributed by atoms with van der Waals surface area (Å²) in [6.45, 7) is 4.13. The lowest BCUT2D eigenvalue weighted by atomic mass is 9.87. The van der Waals surface area contributed by atoms with E-state index in [1.54, 1.807) is 12.3 Å². The highest BCUT2D eigenvalue weighted by Gasteiger charge is 2.19. The number of hydrogen-bond acceptors (Lipinski definition) is 7. The van der Waals surface area contributed by atoms with Crippen LogP contribution in [0.5, 0.6) is 5.88 Å². The van der Waals surface area contributed by atoms with Crippen LogP contribution in [-0.2, 0) is 4.74 Å². The molecule has 4 rings (SSSR count). The van der Waals surface area contributed by atoms with Gasteiger partial charge in [-0.3, -0.25) is 0 Å². The standard InChI is InChI=1S/C21H29N5O2/c22-17-3-1-16(2-4-17)15-28-20-9-10-23-21(25-20)24-18-5-7-19(8-6-18)26-11-13-27-14-12-26/h5-10,16-17H,1-4,11-15,22H2,(H,23,24,25)/t16-,17+. The molecule has 1 aliphatic carbocycles. The third-order valence-corrected chi connectivity index (χ3v) is 5.49. The molecule has 0 atom stereocenters. The van der Waals surface area contributed by atoms with Gasteiger partial charge >= 0.3 is 0 Å². The minimum absolute atomic E-state index is 0.362. The summed E-state index contributed by atoms with van der Waals surface area (Å²) < 4.78 is 11.3. The molecule has 0 bridgehead atoms. The van der Waals surface area contributed by atoms with Crippen molar-refractivity contribution in [1.82, 2.24) is 9.97 Å². The Hall–Kier alpha value is -2.38. The largest absolute Gasteiger partial charge is 0.477 e. The average Bonchev–Trinajstić information content (AvgIpc) is 2.75. The van der Waals surface area contributed by atoms with E-state index in [-0.39, 0.29) is 0 Å². The lowest BCUT2D eigenvalue weighted by molar-refractivity contribution is 0.122. The molecule has 1 aromatic carbocycles. The van der Waals surface area contributed by atoms with Crippen molar-refractivity contribution < 1.29 is 9.47 Å². The van der Waals surface area contributed by atoms with E-state index in [9.17, 15) is 0 Å². The van der Waals surface area contributed by atoms with E-state index in [2.05, 4.69) is 32.3 Å². The van der Waals surface area contributed by atoms with E-state index in [4.69, 9.17) is 15.2 Å². The van der Waals surface area contributed by atoms with Crippen LogP contribution in [0.4, 0.5) is 17.3 Å². The van der Waals surface area contributed by atoms with E-state index >= 15 is 0 Å². The van der Waals surface area contributed by atoms with Crippen LogP contribution in [0.15, 0.2) is 36.5 Å². The topological polar surface area (TPSA) is 85.5 Å². The number of nitrogens with zero attached hydrogens (tertiary/aromatic N) is 3. The first-order chi connectivity index (χ1) is 13.8. The van der Waals surface area contributed by atoms with Crippen molar-refractivity contribution in [3.05, 3.63) is 36.5 Å². The Balaban J connectivity index is 1.31. The van der Waals surface area contributed by atoms with E-state index < -0.39 is 0 Å². The van der Waals surface area contributed by atoms with Crippen LogP contribution >= 0.6 is 0 Å². The normalized spacial score (nSPS) is 22.7. The monoisotopic (exact) mass is 383 g/mol. The van der Waals surface area contributed by atoms with Gasteiger partial charge in [0, 0.05) is 42.8 Å². The smallest absolute Gasteiger partial charge is 0.230 e. The summed E-state index contributed by atoms with van der Waals surface area (Å²) in [6, 6.07) is 10.5. The Kier molecular flexibility index (Phi) is 6.24. The van der Waals surface area contributed by atoms with Gasteiger partial charge in [0.15, 0.2) is 0 Å². The molecule has 2 heterocycles. The maximum atomic E-state index is 5.97. The number of rotatable bonds is 6. The van der Waals surface area contributed by atoms with Crippen molar-refractivity contribution in [3.63, 3.8) is 0 Å². The number of ether oxygens (including phenoxy) is 2. The third kappa shape index (κ3) is 5.11. The highest BCUT2D eigenvalue weighted by molar-refractivity contribution is 5.59. The maximum Gasteiger partial charge on any atom is 0.230 e. The summed E-state index contributed by atoms with van der Waals surface area (Å²) in [6.07, 6.45) is 6.17. The van der Waals surface area contributed by atoms with Crippen molar-refractivity contribution in [2.75, 3.05) is 43.1 Å². The molecule has 150 valence electrons. The molecule has 0 unspecified atom stereocenters. The van der Waals surface area contributed by atoms with Crippen LogP contribution in [0.1, 0.15) is 25.7 Å². The van der Waals surface area contributed by atoms with Gasteiger partial charge in [-0.1, -0.05) is 0 Å². The third-order valence-electron chi connectivity index (χ3n) is 5.49. The molecule has 2 fully saturated rings. The fourth-order valence-corrected chi connectivity index (χ4v) is 3.75. The van der Waals surface area contributed by atoms with Gasteiger partial charge in [0.1, 0.15) is 0 Å². The van der Waals surface area contributed by atoms with Crippen LogP contribution < -0.4 is 20.7 Å². The highest BCUT2D eigenvalue weighted by atomic mass is 16.5. The van der Waals surface area contributed by atoms with Gasteiger partial charge in [-0.05, 0) is 55.9 Å². The number of nitrogens with one attached hydrogen (secondary N) is 1. The van der Waals surface area contributed by atoms with Crippen molar-refractivity contribution in [3.8, 4) is 5.88 Å². The van der Waals surface area contributed by atoms with E-state index in [0.717, 1.165) is 57.7 Å². The molecule has 2 aromatic rings. The highest BCUT2D eigenvalue weighted by Crippen LogP contribution is 2.24. The minimum atomic E-state index is 0.362. The Morgan fingerprint density at radius 3 is 2.57 bits per heavy atom. The molecular formula is C21H29N5O2. The average molecular weight is 383 g/mol. The minimum Gasteiger partial charge on any atom is -0.477 e. The second-order valence-corrected chi connectivity index (χ2v) is 7.58. The zero-order chi connectivity index (χ0) is 19.2. The molecule has 3 N–H and O–H groups in total. The molecule has 28 heavy (non-hydrogen) atoms. The van der Waals surface area contributed by atoms with Crippen LogP contribution in [0.3, 0.4) is 0 Å². The van der Waals surface area contributed by atoms with Crippen molar-refractivity contribution in [2.45, 2.75) is 31.7 Å². The molecule has 7 nitrogen and oxygen atoms in total. The molecule has 1 saturated heterocycles. The molecule has 2 aliphatic rings. The van der Waals surface area contributed by atoms with Gasteiger partial charge in [-0.2, -0.15) is 4.98 Å². The SMILES string of the molecule is N[C@H]1CC[C@@H](COc2ccnc(Nc3ccc(N4CCOCC4)cc3)n2)CC1. The number of hydrogen-bond donors (Lipinski definition) is 2. The van der Waals surface area contributed by atoms with Gasteiger partial charge in [0.25, 0.3) is 0 Å². The summed E-state index contributed by atoms with van der Waals surface area (Å²) in [5.74, 6) is 1.72. The van der Waals surface area contributed by atoms with Crippen molar-refractivity contribution in [2.24, 2.45) is 11.7 Å². The van der Waals surface area contributed by atoms with Gasteiger partial charge in [0.05, 0.1) is 19.8 Å². The van der Waals surface area contributed by atoms with Crippen LogP contribution in [-0.4, -0.2) is 48.9 Å². The second kappa shape index (κ2) is 9.21. The lowest BCUT2D eigenvalue weighted by Gasteiger charge is -2.28. The van der Waals surface area contributed by atoms with Crippen molar-refractivity contribution >= 4 is 17.3 Å². The fraction of sp³-hybridized carbons (Fsp3) is 0.524. The van der Waals surface area contributed by atoms with Gasteiger partial charge < -0.3 is 25.4 Å². The molecule has 0 spiro atoms. The summed E-state index contributed by atoms with van der Waals surface area (Å²) in [5, 5.41) is 3.26. The predicted octanol–water partition coefficient (Wildman–Crippen LogP) is 2.95. The van der Waals surface area contributed by atoms with E-state index in [1.807, 2.05) is 12.1 Å². The van der Waals surface area contributed by atoms with Gasteiger partial charge in [-0.15, -0.1) is 0 Å². The summed E-state index contributed by atoms with van der Waals surface area (Å²) in [5.41, 5.74) is 8.13. The first-order valence-electron chi connectivity index (χ1n) is 10.2. The number of benzene rings is 1. The molecule has 1 saturated carbocycles. The molecule has 1 aromatic heterocycles. The number of aromatic nitrogens is 2. The fourth-order valence-electron chi connectivity index (χ4n) is 3.75. The number of anilines is 3.